The Balaban J connectivity index is 2.59. The number of nitrogens with two attached hydrogens (primary N) is 1. The van der Waals surface area contributed by atoms with Gasteiger partial charge in [0.25, 0.3) is 0 Å². The number of anilines is 1. The summed E-state index contributed by atoms with van der Waals surface area (Å²) in [6, 6.07) is 5.85. The molecule has 78 valence electrons. The number of nitrogens with zero attached hydrogens (tertiary/aromatic N) is 1. The van der Waals surface area contributed by atoms with E-state index in [1.807, 2.05) is 25.1 Å². The van der Waals surface area contributed by atoms with Crippen LogP contribution in [0.4, 0.5) is 5.82 Å². The van der Waals surface area contributed by atoms with Crippen molar-refractivity contribution in [3.63, 3.8) is 0 Å². The van der Waals surface area contributed by atoms with E-state index in [2.05, 4.69) is 21.1 Å². The third kappa shape index (κ3) is 1.87. The molecule has 0 aliphatic heterocycles. The molecule has 5 heteroatoms. The lowest BCUT2D eigenvalue weighted by Gasteiger charge is -2.01. The monoisotopic (exact) mass is 286 g/mol. The lowest BCUT2D eigenvalue weighted by Crippen LogP contribution is -1.83. The molecule has 0 aliphatic rings. The van der Waals surface area contributed by atoms with Crippen LogP contribution in [0.1, 0.15) is 5.56 Å². The highest BCUT2D eigenvalue weighted by Gasteiger charge is 2.15. The second-order valence-electron chi connectivity index (χ2n) is 3.19. The van der Waals surface area contributed by atoms with Gasteiger partial charge in [-0.15, -0.1) is 0 Å². The van der Waals surface area contributed by atoms with Gasteiger partial charge < -0.3 is 10.3 Å². The maximum Gasteiger partial charge on any atom is 0.188 e. The predicted molar refractivity (Wildman–Crippen MR) is 63.8 cm³/mol. The molecule has 0 saturated heterocycles. The molecule has 0 spiro atoms. The summed E-state index contributed by atoms with van der Waals surface area (Å²) in [5.41, 5.74) is 7.50. The Hall–Kier alpha value is -1.00. The van der Waals surface area contributed by atoms with Crippen molar-refractivity contribution in [2.24, 2.45) is 0 Å². The zero-order valence-corrected chi connectivity index (χ0v) is 10.3. The maximum atomic E-state index is 5.95. The second-order valence-corrected chi connectivity index (χ2v) is 4.43. The van der Waals surface area contributed by atoms with Gasteiger partial charge in [0, 0.05) is 10.0 Å². The molecule has 2 rings (SSSR count). The Morgan fingerprint density at radius 1 is 1.47 bits per heavy atom. The molecule has 0 unspecified atom stereocenters. The molecule has 0 bridgehead atoms. The van der Waals surface area contributed by atoms with E-state index in [4.69, 9.17) is 21.9 Å². The van der Waals surface area contributed by atoms with E-state index < -0.39 is 0 Å². The SMILES string of the molecule is Cc1ccc(-c2onc(N)c2Cl)c(Br)c1. The van der Waals surface area contributed by atoms with Crippen molar-refractivity contribution in [2.45, 2.75) is 6.92 Å². The lowest BCUT2D eigenvalue weighted by molar-refractivity contribution is 0.435. The van der Waals surface area contributed by atoms with Crippen molar-refractivity contribution in [1.29, 1.82) is 0 Å². The Bertz CT molecular complexity index is 510. The van der Waals surface area contributed by atoms with Gasteiger partial charge in [0.1, 0.15) is 5.02 Å². The van der Waals surface area contributed by atoms with Crippen LogP contribution >= 0.6 is 27.5 Å². The fourth-order valence-electron chi connectivity index (χ4n) is 1.26. The van der Waals surface area contributed by atoms with Crippen LogP contribution in [-0.4, -0.2) is 5.16 Å². The predicted octanol–water partition coefficient (Wildman–Crippen LogP) is 3.65. The summed E-state index contributed by atoms with van der Waals surface area (Å²) in [7, 11) is 0. The van der Waals surface area contributed by atoms with Crippen LogP contribution in [0.5, 0.6) is 0 Å². The highest BCUT2D eigenvalue weighted by molar-refractivity contribution is 9.10. The third-order valence-electron chi connectivity index (χ3n) is 2.03. The van der Waals surface area contributed by atoms with Crippen LogP contribution in [0.3, 0.4) is 0 Å². The minimum absolute atomic E-state index is 0.208. The van der Waals surface area contributed by atoms with Crippen LogP contribution in [0.2, 0.25) is 5.02 Å². The van der Waals surface area contributed by atoms with Crippen LogP contribution in [0.15, 0.2) is 27.2 Å². The summed E-state index contributed by atoms with van der Waals surface area (Å²) in [6.45, 7) is 2.00. The summed E-state index contributed by atoms with van der Waals surface area (Å²) in [6.07, 6.45) is 0. The number of benzene rings is 1. The maximum absolute atomic E-state index is 5.95. The molecular formula is C10H8BrClN2O. The molecular weight excluding hydrogens is 279 g/mol. The molecule has 15 heavy (non-hydrogen) atoms. The van der Waals surface area contributed by atoms with Crippen molar-refractivity contribution in [3.8, 4) is 11.3 Å². The van der Waals surface area contributed by atoms with Gasteiger partial charge in [-0.1, -0.05) is 38.8 Å². The molecule has 0 aliphatic carbocycles. The van der Waals surface area contributed by atoms with Crippen molar-refractivity contribution < 1.29 is 4.52 Å². The first-order valence-electron chi connectivity index (χ1n) is 4.26. The van der Waals surface area contributed by atoms with Crippen LogP contribution in [0, 0.1) is 6.92 Å². The van der Waals surface area contributed by atoms with Crippen molar-refractivity contribution in [3.05, 3.63) is 33.3 Å². The van der Waals surface area contributed by atoms with Gasteiger partial charge in [-0.05, 0) is 24.6 Å². The quantitative estimate of drug-likeness (QED) is 0.871. The van der Waals surface area contributed by atoms with Gasteiger partial charge in [-0.25, -0.2) is 0 Å². The topological polar surface area (TPSA) is 52.0 Å². The van der Waals surface area contributed by atoms with Gasteiger partial charge >= 0.3 is 0 Å². The van der Waals surface area contributed by atoms with Gasteiger partial charge in [-0.2, -0.15) is 0 Å². The first-order chi connectivity index (χ1) is 7.09. The van der Waals surface area contributed by atoms with E-state index in [-0.39, 0.29) is 5.82 Å². The molecule has 0 saturated carbocycles. The zero-order valence-electron chi connectivity index (χ0n) is 7.92. The fraction of sp³-hybridized carbons (Fsp3) is 0.100. The number of nitrogen functional groups attached to an aromatic ring is 1. The van der Waals surface area contributed by atoms with Crippen molar-refractivity contribution >= 4 is 33.3 Å². The zero-order chi connectivity index (χ0) is 11.0. The van der Waals surface area contributed by atoms with E-state index in [9.17, 15) is 0 Å². The fourth-order valence-corrected chi connectivity index (χ4v) is 2.11. The lowest BCUT2D eigenvalue weighted by atomic mass is 10.1. The summed E-state index contributed by atoms with van der Waals surface area (Å²) in [4.78, 5) is 0. The van der Waals surface area contributed by atoms with E-state index in [0.717, 1.165) is 15.6 Å². The van der Waals surface area contributed by atoms with E-state index in [1.54, 1.807) is 0 Å². The second kappa shape index (κ2) is 3.87. The molecule has 0 atom stereocenters. The first-order valence-corrected chi connectivity index (χ1v) is 5.44. The average molecular weight is 288 g/mol. The Kier molecular flexibility index (Phi) is 2.71. The molecule has 0 fully saturated rings. The smallest absolute Gasteiger partial charge is 0.188 e. The van der Waals surface area contributed by atoms with Crippen molar-refractivity contribution in [1.82, 2.24) is 5.16 Å². The van der Waals surface area contributed by atoms with Gasteiger partial charge in [0.05, 0.1) is 0 Å². The van der Waals surface area contributed by atoms with Gasteiger partial charge in [0.2, 0.25) is 0 Å². The van der Waals surface area contributed by atoms with E-state index in [1.165, 1.54) is 0 Å². The molecule has 0 radical (unpaired) electrons. The number of halogens is 2. The number of hydrogen-bond acceptors (Lipinski definition) is 3. The number of aryl methyl sites for hydroxylation is 1. The third-order valence-corrected chi connectivity index (χ3v) is 3.05. The first kappa shape index (κ1) is 10.5. The molecule has 1 aromatic carbocycles. The van der Waals surface area contributed by atoms with Gasteiger partial charge in [0.15, 0.2) is 11.6 Å². The Labute approximate surface area is 100 Å². The average Bonchev–Trinajstić information content (AvgIpc) is 2.49. The Morgan fingerprint density at radius 3 is 2.73 bits per heavy atom. The molecule has 3 nitrogen and oxygen atoms in total. The van der Waals surface area contributed by atoms with Gasteiger partial charge in [-0.3, -0.25) is 0 Å². The molecule has 2 N–H and O–H groups in total. The number of hydrogen-bond donors (Lipinski definition) is 1. The summed E-state index contributed by atoms with van der Waals surface area (Å²) < 4.78 is 5.97. The minimum atomic E-state index is 0.208. The van der Waals surface area contributed by atoms with Crippen LogP contribution in [-0.2, 0) is 0 Å². The number of rotatable bonds is 1. The molecule has 0 amide bonds. The van der Waals surface area contributed by atoms with E-state index >= 15 is 0 Å². The van der Waals surface area contributed by atoms with Crippen molar-refractivity contribution in [2.75, 3.05) is 5.73 Å². The summed E-state index contributed by atoms with van der Waals surface area (Å²) in [5.74, 6) is 0.695. The highest BCUT2D eigenvalue weighted by atomic mass is 79.9. The highest BCUT2D eigenvalue weighted by Crippen LogP contribution is 2.36. The Morgan fingerprint density at radius 2 is 2.20 bits per heavy atom. The van der Waals surface area contributed by atoms with Crippen LogP contribution < -0.4 is 5.73 Å². The summed E-state index contributed by atoms with van der Waals surface area (Å²) >= 11 is 9.39. The van der Waals surface area contributed by atoms with E-state index in [0.29, 0.717) is 10.8 Å². The number of aromatic nitrogens is 1. The largest absolute Gasteiger partial charge is 0.380 e. The normalized spacial score (nSPS) is 10.6. The minimum Gasteiger partial charge on any atom is -0.380 e. The molecule has 1 heterocycles. The molecule has 1 aromatic heterocycles. The standard InChI is InChI=1S/C10H8BrClN2O/c1-5-2-3-6(7(11)4-5)9-8(12)10(13)14-15-9/h2-4H,1H3,(H2,13,14). The molecule has 2 aromatic rings. The summed E-state index contributed by atoms with van der Waals surface area (Å²) in [5, 5.41) is 3.95. The van der Waals surface area contributed by atoms with Crippen LogP contribution in [0.25, 0.3) is 11.3 Å².